The molecule has 1 aliphatic heterocycles. The summed E-state index contributed by atoms with van der Waals surface area (Å²) in [5.41, 5.74) is -0.512. The van der Waals surface area contributed by atoms with Crippen LogP contribution in [0, 0.1) is 17.6 Å². The highest BCUT2D eigenvalue weighted by Gasteiger charge is 2.32. The first-order valence-electron chi connectivity index (χ1n) is 7.57. The zero-order valence-electron chi connectivity index (χ0n) is 13.3. The second kappa shape index (κ2) is 8.00. The number of piperidine rings is 1. The van der Waals surface area contributed by atoms with Gasteiger partial charge in [-0.2, -0.15) is 0 Å². The van der Waals surface area contributed by atoms with Crippen molar-refractivity contribution in [2.24, 2.45) is 5.92 Å². The van der Waals surface area contributed by atoms with E-state index in [-0.39, 0.29) is 18.9 Å². The summed E-state index contributed by atoms with van der Waals surface area (Å²) in [7, 11) is -2.11. The maximum atomic E-state index is 13.6. The van der Waals surface area contributed by atoms with Crippen molar-refractivity contribution < 1.29 is 26.7 Å². The summed E-state index contributed by atoms with van der Waals surface area (Å²) in [6, 6.07) is 3.28. The Morgan fingerprint density at radius 1 is 1.38 bits per heavy atom. The number of anilines is 1. The van der Waals surface area contributed by atoms with E-state index < -0.39 is 39.2 Å². The summed E-state index contributed by atoms with van der Waals surface area (Å²) in [5, 5.41) is 2.23. The van der Waals surface area contributed by atoms with Gasteiger partial charge in [-0.05, 0) is 25.0 Å². The average molecular weight is 362 g/mol. The second-order valence-corrected chi connectivity index (χ2v) is 7.68. The number of rotatable bonds is 6. The number of nitrogens with zero attached hydrogens (tertiary/aromatic N) is 1. The molecule has 1 unspecified atom stereocenters. The molecule has 1 amide bonds. The number of benzene rings is 1. The fraction of sp³-hybridized carbons (Fsp3) is 0.533. The lowest BCUT2D eigenvalue weighted by Crippen LogP contribution is -2.45. The largest absolute Gasteiger partial charge is 0.384 e. The van der Waals surface area contributed by atoms with Crippen LogP contribution in [0.25, 0.3) is 0 Å². The van der Waals surface area contributed by atoms with E-state index in [4.69, 9.17) is 4.74 Å². The predicted molar refractivity (Wildman–Crippen MR) is 84.9 cm³/mol. The molecule has 9 heteroatoms. The van der Waals surface area contributed by atoms with Gasteiger partial charge in [0.25, 0.3) is 0 Å². The molecule has 1 saturated heterocycles. The van der Waals surface area contributed by atoms with E-state index in [0.717, 1.165) is 12.1 Å². The minimum Gasteiger partial charge on any atom is -0.384 e. The molecular weight excluding hydrogens is 342 g/mol. The Morgan fingerprint density at radius 3 is 2.67 bits per heavy atom. The van der Waals surface area contributed by atoms with Gasteiger partial charge in [0.1, 0.15) is 17.3 Å². The van der Waals surface area contributed by atoms with Crippen LogP contribution < -0.4 is 5.32 Å². The van der Waals surface area contributed by atoms with E-state index in [1.54, 1.807) is 0 Å². The standard InChI is InChI=1S/C15H20F2N2O4S/c1-23-8-9-24(21,22)19-7-3-4-11(10-19)15(20)18-14-12(16)5-2-6-13(14)17/h2,5-6,11H,3-4,7-10H2,1H3,(H,18,20). The summed E-state index contributed by atoms with van der Waals surface area (Å²) in [5.74, 6) is -3.16. The lowest BCUT2D eigenvalue weighted by molar-refractivity contribution is -0.120. The maximum Gasteiger partial charge on any atom is 0.228 e. The smallest absolute Gasteiger partial charge is 0.228 e. The molecule has 1 atom stereocenters. The van der Waals surface area contributed by atoms with E-state index in [1.165, 1.54) is 17.5 Å². The molecule has 0 bridgehead atoms. The number of carbonyl (C=O) groups excluding carboxylic acids is 1. The minimum absolute atomic E-state index is 0.00600. The van der Waals surface area contributed by atoms with E-state index >= 15 is 0 Å². The molecule has 1 N–H and O–H groups in total. The second-order valence-electron chi connectivity index (χ2n) is 5.59. The fourth-order valence-corrected chi connectivity index (χ4v) is 4.02. The summed E-state index contributed by atoms with van der Waals surface area (Å²) >= 11 is 0. The Kier molecular flexibility index (Phi) is 6.25. The number of methoxy groups -OCH3 is 1. The van der Waals surface area contributed by atoms with Gasteiger partial charge >= 0.3 is 0 Å². The summed E-state index contributed by atoms with van der Waals surface area (Å²) in [6.45, 7) is 0.383. The van der Waals surface area contributed by atoms with Crippen LogP contribution in [0.5, 0.6) is 0 Å². The number of ether oxygens (including phenoxy) is 1. The Bertz CT molecular complexity index is 676. The molecule has 0 aromatic heterocycles. The van der Waals surface area contributed by atoms with E-state index in [0.29, 0.717) is 19.4 Å². The zero-order chi connectivity index (χ0) is 17.7. The number of para-hydroxylation sites is 1. The van der Waals surface area contributed by atoms with Crippen LogP contribution in [0.4, 0.5) is 14.5 Å². The number of nitrogens with one attached hydrogen (secondary N) is 1. The summed E-state index contributed by atoms with van der Waals surface area (Å²) in [6.07, 6.45) is 0.961. The lowest BCUT2D eigenvalue weighted by Gasteiger charge is -2.31. The number of hydrogen-bond acceptors (Lipinski definition) is 4. The highest BCUT2D eigenvalue weighted by atomic mass is 32.2. The van der Waals surface area contributed by atoms with Gasteiger partial charge in [0.2, 0.25) is 15.9 Å². The monoisotopic (exact) mass is 362 g/mol. The number of sulfonamides is 1. The van der Waals surface area contributed by atoms with Crippen LogP contribution in [0.2, 0.25) is 0 Å². The van der Waals surface area contributed by atoms with Gasteiger partial charge < -0.3 is 10.1 Å². The molecule has 1 fully saturated rings. The Balaban J connectivity index is 2.05. The third kappa shape index (κ3) is 4.49. The average Bonchev–Trinajstić information content (AvgIpc) is 2.56. The molecule has 0 spiro atoms. The van der Waals surface area contributed by atoms with Crippen molar-refractivity contribution in [3.8, 4) is 0 Å². The van der Waals surface area contributed by atoms with Crippen LogP contribution in [0.1, 0.15) is 12.8 Å². The molecule has 1 aromatic carbocycles. The molecule has 24 heavy (non-hydrogen) atoms. The molecule has 1 heterocycles. The Morgan fingerprint density at radius 2 is 2.04 bits per heavy atom. The van der Waals surface area contributed by atoms with E-state index in [9.17, 15) is 22.0 Å². The van der Waals surface area contributed by atoms with Crippen molar-refractivity contribution in [2.75, 3.05) is 37.9 Å². The third-order valence-electron chi connectivity index (χ3n) is 3.90. The van der Waals surface area contributed by atoms with Crippen LogP contribution in [-0.2, 0) is 19.6 Å². The Hall–Kier alpha value is -1.58. The van der Waals surface area contributed by atoms with Crippen LogP contribution in [0.3, 0.4) is 0 Å². The SMILES string of the molecule is COCCS(=O)(=O)N1CCCC(C(=O)Nc2c(F)cccc2F)C1. The molecule has 2 rings (SSSR count). The molecule has 0 aliphatic carbocycles. The molecule has 1 aliphatic rings. The van der Waals surface area contributed by atoms with Crippen molar-refractivity contribution in [3.05, 3.63) is 29.8 Å². The number of amides is 1. The van der Waals surface area contributed by atoms with Crippen LogP contribution >= 0.6 is 0 Å². The molecule has 6 nitrogen and oxygen atoms in total. The van der Waals surface area contributed by atoms with Crippen molar-refractivity contribution in [2.45, 2.75) is 12.8 Å². The molecule has 134 valence electrons. The zero-order valence-corrected chi connectivity index (χ0v) is 14.1. The number of hydrogen-bond donors (Lipinski definition) is 1. The maximum absolute atomic E-state index is 13.6. The van der Waals surface area contributed by atoms with Crippen molar-refractivity contribution >= 4 is 21.6 Å². The molecular formula is C15H20F2N2O4S. The third-order valence-corrected chi connectivity index (χ3v) is 5.71. The highest BCUT2D eigenvalue weighted by molar-refractivity contribution is 7.89. The quantitative estimate of drug-likeness (QED) is 0.834. The fourth-order valence-electron chi connectivity index (χ4n) is 2.57. The van der Waals surface area contributed by atoms with Gasteiger partial charge in [-0.3, -0.25) is 4.79 Å². The number of carbonyl (C=O) groups is 1. The van der Waals surface area contributed by atoms with Crippen molar-refractivity contribution in [1.82, 2.24) is 4.31 Å². The first-order chi connectivity index (χ1) is 11.3. The molecule has 1 aromatic rings. The van der Waals surface area contributed by atoms with Gasteiger partial charge in [-0.25, -0.2) is 21.5 Å². The predicted octanol–water partition coefficient (Wildman–Crippen LogP) is 1.59. The number of halogens is 2. The molecule has 0 radical (unpaired) electrons. The van der Waals surface area contributed by atoms with Crippen molar-refractivity contribution in [1.29, 1.82) is 0 Å². The first kappa shape index (κ1) is 18.8. The van der Waals surface area contributed by atoms with E-state index in [2.05, 4.69) is 5.32 Å². The highest BCUT2D eigenvalue weighted by Crippen LogP contribution is 2.23. The van der Waals surface area contributed by atoms with Crippen molar-refractivity contribution in [3.63, 3.8) is 0 Å². The van der Waals surface area contributed by atoms with Crippen LogP contribution in [-0.4, -0.2) is 51.2 Å². The van der Waals surface area contributed by atoms with Gasteiger partial charge in [-0.1, -0.05) is 6.07 Å². The topological polar surface area (TPSA) is 75.7 Å². The Labute approximate surface area is 139 Å². The molecule has 0 saturated carbocycles. The minimum atomic E-state index is -3.52. The lowest BCUT2D eigenvalue weighted by atomic mass is 9.98. The van der Waals surface area contributed by atoms with Gasteiger partial charge in [0, 0.05) is 20.2 Å². The normalized spacial score (nSPS) is 19.2. The van der Waals surface area contributed by atoms with E-state index in [1.807, 2.05) is 0 Å². The van der Waals surface area contributed by atoms with Gasteiger partial charge in [-0.15, -0.1) is 0 Å². The van der Waals surface area contributed by atoms with Gasteiger partial charge in [0.15, 0.2) is 0 Å². The van der Waals surface area contributed by atoms with Gasteiger partial charge in [0.05, 0.1) is 18.3 Å². The summed E-state index contributed by atoms with van der Waals surface area (Å²) in [4.78, 5) is 12.3. The summed E-state index contributed by atoms with van der Waals surface area (Å²) < 4.78 is 57.6. The first-order valence-corrected chi connectivity index (χ1v) is 9.17. The van der Waals surface area contributed by atoms with Crippen LogP contribution in [0.15, 0.2) is 18.2 Å².